The van der Waals surface area contributed by atoms with Crippen LogP contribution in [0.5, 0.6) is 5.75 Å². The second kappa shape index (κ2) is 10.4. The fraction of sp³-hybridized carbons (Fsp3) is 0.233. The molecule has 0 aliphatic heterocycles. The molecular weight excluding hydrogens is 519 g/mol. The fourth-order valence-corrected chi connectivity index (χ4v) is 6.13. The highest BCUT2D eigenvalue weighted by atomic mass is 35.5. The van der Waals surface area contributed by atoms with E-state index in [4.69, 9.17) is 21.4 Å². The molecule has 8 heteroatoms. The van der Waals surface area contributed by atoms with E-state index in [1.165, 1.54) is 17.2 Å². The minimum absolute atomic E-state index is 0.0249. The van der Waals surface area contributed by atoms with Crippen LogP contribution in [-0.2, 0) is 19.4 Å². The van der Waals surface area contributed by atoms with E-state index in [0.29, 0.717) is 22.5 Å². The highest BCUT2D eigenvalue weighted by molar-refractivity contribution is 7.17. The summed E-state index contributed by atoms with van der Waals surface area (Å²) in [7, 11) is 4.31. The van der Waals surface area contributed by atoms with Crippen LogP contribution in [0.25, 0.3) is 32.6 Å². The van der Waals surface area contributed by atoms with Gasteiger partial charge in [0.1, 0.15) is 35.3 Å². The normalized spacial score (nSPS) is 15.1. The van der Waals surface area contributed by atoms with Crippen molar-refractivity contribution in [1.82, 2.24) is 20.1 Å². The highest BCUT2D eigenvalue weighted by Crippen LogP contribution is 2.40. The van der Waals surface area contributed by atoms with Crippen molar-refractivity contribution in [3.05, 3.63) is 93.8 Å². The molecule has 6 rings (SSSR count). The molecule has 5 aromatic rings. The van der Waals surface area contributed by atoms with Crippen LogP contribution in [0.4, 0.5) is 4.39 Å². The first kappa shape index (κ1) is 24.9. The van der Waals surface area contributed by atoms with E-state index in [9.17, 15) is 4.39 Å². The minimum atomic E-state index is -0.414. The van der Waals surface area contributed by atoms with Gasteiger partial charge >= 0.3 is 0 Å². The monoisotopic (exact) mass is 544 g/mol. The number of aryl methyl sites for hydroxylation is 1. The molecule has 0 amide bonds. The lowest BCUT2D eigenvalue weighted by atomic mass is 9.86. The summed E-state index contributed by atoms with van der Waals surface area (Å²) in [6.45, 7) is -0.0249. The number of thiophene rings is 1. The topological polar surface area (TPSA) is 51.1 Å². The molecule has 5 nitrogen and oxygen atoms in total. The molecule has 38 heavy (non-hydrogen) atoms. The molecule has 1 aliphatic rings. The SMILES string of the molecule is CN(C)C1CCc2cc(-c3nnc(-c4ccc(Cl)cc4OCc4ncccc4F)c4sccc34)ccc2C1. The van der Waals surface area contributed by atoms with Gasteiger partial charge in [-0.05, 0) is 92.3 Å². The van der Waals surface area contributed by atoms with E-state index in [1.807, 2.05) is 6.07 Å². The summed E-state index contributed by atoms with van der Waals surface area (Å²) in [4.78, 5) is 6.40. The maximum absolute atomic E-state index is 14.1. The number of benzene rings is 2. The summed E-state index contributed by atoms with van der Waals surface area (Å²) < 4.78 is 21.2. The molecule has 0 N–H and O–H groups in total. The lowest BCUT2D eigenvalue weighted by molar-refractivity contribution is 0.268. The predicted octanol–water partition coefficient (Wildman–Crippen LogP) is 7.21. The van der Waals surface area contributed by atoms with E-state index in [2.05, 4.69) is 58.7 Å². The zero-order chi connectivity index (χ0) is 26.2. The quantitative estimate of drug-likeness (QED) is 0.226. The number of aromatic nitrogens is 3. The second-order valence-corrected chi connectivity index (χ2v) is 11.1. The van der Waals surface area contributed by atoms with E-state index in [1.54, 1.807) is 35.7 Å². The Morgan fingerprint density at radius 1 is 1.05 bits per heavy atom. The average Bonchev–Trinajstić information content (AvgIpc) is 3.42. The van der Waals surface area contributed by atoms with Gasteiger partial charge in [0.15, 0.2) is 0 Å². The van der Waals surface area contributed by atoms with Crippen molar-refractivity contribution >= 4 is 33.0 Å². The maximum Gasteiger partial charge on any atom is 0.148 e. The molecule has 0 bridgehead atoms. The van der Waals surface area contributed by atoms with Gasteiger partial charge in [0.05, 0.1) is 4.70 Å². The Labute approximate surface area is 229 Å². The summed E-state index contributed by atoms with van der Waals surface area (Å²) in [6, 6.07) is 17.7. The number of rotatable bonds is 6. The number of nitrogens with zero attached hydrogens (tertiary/aromatic N) is 4. The van der Waals surface area contributed by atoms with Gasteiger partial charge in [-0.25, -0.2) is 4.39 Å². The Hall–Kier alpha value is -3.39. The first-order valence-electron chi connectivity index (χ1n) is 12.5. The second-order valence-electron chi connectivity index (χ2n) is 9.77. The lowest BCUT2D eigenvalue weighted by Crippen LogP contribution is -2.33. The molecule has 192 valence electrons. The number of ether oxygens (including phenoxy) is 1. The van der Waals surface area contributed by atoms with Gasteiger partial charge in [0.25, 0.3) is 0 Å². The molecule has 0 spiro atoms. The predicted molar refractivity (Wildman–Crippen MR) is 151 cm³/mol. The molecule has 0 saturated heterocycles. The van der Waals surface area contributed by atoms with Crippen molar-refractivity contribution in [3.63, 3.8) is 0 Å². The third kappa shape index (κ3) is 4.77. The van der Waals surface area contributed by atoms with Crippen LogP contribution in [-0.4, -0.2) is 40.2 Å². The van der Waals surface area contributed by atoms with Crippen LogP contribution in [0.1, 0.15) is 23.2 Å². The number of hydrogen-bond donors (Lipinski definition) is 0. The van der Waals surface area contributed by atoms with E-state index in [0.717, 1.165) is 46.2 Å². The number of likely N-dealkylation sites (N-methyl/N-ethyl adjacent to an activating group) is 1. The summed E-state index contributed by atoms with van der Waals surface area (Å²) in [5, 5.41) is 13.0. The Bertz CT molecular complexity index is 1640. The van der Waals surface area contributed by atoms with Crippen molar-refractivity contribution in [3.8, 4) is 28.3 Å². The number of hydrogen-bond acceptors (Lipinski definition) is 6. The summed E-state index contributed by atoms with van der Waals surface area (Å²) in [5.74, 6) is 0.0895. The molecule has 0 saturated carbocycles. The first-order valence-corrected chi connectivity index (χ1v) is 13.8. The third-order valence-electron chi connectivity index (χ3n) is 7.20. The van der Waals surface area contributed by atoms with Gasteiger partial charge in [0, 0.05) is 33.8 Å². The van der Waals surface area contributed by atoms with Crippen LogP contribution in [0.3, 0.4) is 0 Å². The zero-order valence-corrected chi connectivity index (χ0v) is 22.7. The van der Waals surface area contributed by atoms with Gasteiger partial charge in [0.2, 0.25) is 0 Å². The van der Waals surface area contributed by atoms with E-state index < -0.39 is 5.82 Å². The first-order chi connectivity index (χ1) is 18.5. The van der Waals surface area contributed by atoms with Crippen LogP contribution >= 0.6 is 22.9 Å². The van der Waals surface area contributed by atoms with Crippen LogP contribution in [0.15, 0.2) is 66.2 Å². The molecule has 0 radical (unpaired) electrons. The molecular formula is C30H26ClFN4OS. The Balaban J connectivity index is 1.36. The van der Waals surface area contributed by atoms with Crippen molar-refractivity contribution in [2.24, 2.45) is 0 Å². The maximum atomic E-state index is 14.1. The van der Waals surface area contributed by atoms with Crippen molar-refractivity contribution in [2.45, 2.75) is 31.9 Å². The standard InChI is InChI=1S/C30H26ClFN4OS/c1-36(2)22-9-7-18-14-20(6-5-19(18)15-22)28-24-11-13-38-30(24)29(35-34-28)23-10-8-21(31)16-27(23)37-17-26-25(32)4-3-12-33-26/h3-6,8,10-14,16,22H,7,9,15,17H2,1-2H3. The molecule has 1 aliphatic carbocycles. The van der Waals surface area contributed by atoms with Crippen molar-refractivity contribution in [1.29, 1.82) is 0 Å². The fourth-order valence-electron chi connectivity index (χ4n) is 5.07. The molecule has 1 unspecified atom stereocenters. The molecule has 1 atom stereocenters. The van der Waals surface area contributed by atoms with Gasteiger partial charge in [-0.2, -0.15) is 0 Å². The average molecular weight is 545 g/mol. The third-order valence-corrected chi connectivity index (χ3v) is 8.35. The van der Waals surface area contributed by atoms with Gasteiger partial charge in [-0.15, -0.1) is 21.5 Å². The largest absolute Gasteiger partial charge is 0.486 e. The Morgan fingerprint density at radius 3 is 2.76 bits per heavy atom. The van der Waals surface area contributed by atoms with Crippen molar-refractivity contribution < 1.29 is 9.13 Å². The smallest absolute Gasteiger partial charge is 0.148 e. The van der Waals surface area contributed by atoms with Gasteiger partial charge in [-0.1, -0.05) is 23.7 Å². The van der Waals surface area contributed by atoms with Gasteiger partial charge in [-0.3, -0.25) is 4.98 Å². The van der Waals surface area contributed by atoms with Crippen molar-refractivity contribution in [2.75, 3.05) is 14.1 Å². The minimum Gasteiger partial charge on any atom is -0.486 e. The molecule has 2 aromatic carbocycles. The van der Waals surface area contributed by atoms with Gasteiger partial charge < -0.3 is 9.64 Å². The number of fused-ring (bicyclic) bond motifs is 2. The number of pyridine rings is 1. The van der Waals surface area contributed by atoms with Crippen LogP contribution < -0.4 is 4.74 Å². The number of halogens is 2. The molecule has 3 aromatic heterocycles. The highest BCUT2D eigenvalue weighted by Gasteiger charge is 2.22. The van der Waals surface area contributed by atoms with Crippen LogP contribution in [0.2, 0.25) is 5.02 Å². The Kier molecular flexibility index (Phi) is 6.82. The zero-order valence-electron chi connectivity index (χ0n) is 21.1. The summed E-state index contributed by atoms with van der Waals surface area (Å²) >= 11 is 7.91. The van der Waals surface area contributed by atoms with Crippen LogP contribution in [0, 0.1) is 5.82 Å². The van der Waals surface area contributed by atoms with E-state index in [-0.39, 0.29) is 12.3 Å². The lowest BCUT2D eigenvalue weighted by Gasteiger charge is -2.30. The van der Waals surface area contributed by atoms with E-state index >= 15 is 0 Å². The molecule has 3 heterocycles. The summed E-state index contributed by atoms with van der Waals surface area (Å²) in [5.41, 5.74) is 6.44. The Morgan fingerprint density at radius 2 is 1.92 bits per heavy atom. The summed E-state index contributed by atoms with van der Waals surface area (Å²) in [6.07, 6.45) is 4.83. The molecule has 0 fully saturated rings.